The quantitative estimate of drug-likeness (QED) is 0.800. The van der Waals surface area contributed by atoms with Crippen molar-refractivity contribution in [1.29, 1.82) is 0 Å². The summed E-state index contributed by atoms with van der Waals surface area (Å²) >= 11 is 0. The van der Waals surface area contributed by atoms with Gasteiger partial charge in [-0.05, 0) is 18.6 Å². The molecular formula is C12H14N2O3. The van der Waals surface area contributed by atoms with E-state index in [9.17, 15) is 9.59 Å². The number of nitrogens with zero attached hydrogens (tertiary/aromatic N) is 1. The maximum Gasteiger partial charge on any atom is 0.258 e. The summed E-state index contributed by atoms with van der Waals surface area (Å²) < 4.78 is 5.55. The Labute approximate surface area is 99.2 Å². The van der Waals surface area contributed by atoms with E-state index in [2.05, 4.69) is 0 Å². The van der Waals surface area contributed by atoms with Crippen LogP contribution in [0.1, 0.15) is 15.9 Å². The van der Waals surface area contributed by atoms with Crippen LogP contribution in [-0.2, 0) is 4.79 Å². The minimum absolute atomic E-state index is 0.0738. The lowest BCUT2D eigenvalue weighted by atomic mass is 10.1. The zero-order valence-electron chi connectivity index (χ0n) is 9.60. The molecule has 0 saturated heterocycles. The molecule has 2 N–H and O–H groups in total. The topological polar surface area (TPSA) is 72.6 Å². The van der Waals surface area contributed by atoms with Crippen molar-refractivity contribution in [3.8, 4) is 5.75 Å². The highest BCUT2D eigenvalue weighted by Gasteiger charge is 2.25. The number of nitrogens with two attached hydrogens (primary N) is 1. The van der Waals surface area contributed by atoms with Crippen LogP contribution >= 0.6 is 0 Å². The molecule has 0 atom stereocenters. The molecule has 0 bridgehead atoms. The van der Waals surface area contributed by atoms with Crippen molar-refractivity contribution in [1.82, 2.24) is 4.90 Å². The number of amides is 2. The standard InChI is InChI=1S/C12H14N2O3/c1-8-3-2-4-9-11(8)17-6-5-14(12(9)16)7-10(13)15/h2-4H,5-7H2,1H3,(H2,13,15). The number of carbonyl (C=O) groups excluding carboxylic acids is 2. The summed E-state index contributed by atoms with van der Waals surface area (Å²) in [6.07, 6.45) is 0. The minimum atomic E-state index is -0.519. The molecule has 1 heterocycles. The Kier molecular flexibility index (Phi) is 2.99. The number of benzene rings is 1. The van der Waals surface area contributed by atoms with Crippen LogP contribution in [0.4, 0.5) is 0 Å². The van der Waals surface area contributed by atoms with Crippen LogP contribution < -0.4 is 10.5 Å². The zero-order valence-corrected chi connectivity index (χ0v) is 9.60. The van der Waals surface area contributed by atoms with E-state index in [1.807, 2.05) is 13.0 Å². The normalized spacial score (nSPS) is 14.9. The second-order valence-electron chi connectivity index (χ2n) is 3.99. The third-order valence-electron chi connectivity index (χ3n) is 2.68. The molecule has 1 aliphatic rings. The third-order valence-corrected chi connectivity index (χ3v) is 2.68. The number of carbonyl (C=O) groups is 2. The van der Waals surface area contributed by atoms with E-state index >= 15 is 0 Å². The fourth-order valence-electron chi connectivity index (χ4n) is 1.88. The first kappa shape index (κ1) is 11.4. The summed E-state index contributed by atoms with van der Waals surface area (Å²) in [5.74, 6) is -0.126. The fourth-order valence-corrected chi connectivity index (χ4v) is 1.88. The van der Waals surface area contributed by atoms with Gasteiger partial charge in [0.1, 0.15) is 12.4 Å². The molecule has 1 aliphatic heterocycles. The van der Waals surface area contributed by atoms with Gasteiger partial charge in [-0.1, -0.05) is 12.1 Å². The molecule has 0 radical (unpaired) electrons. The Morgan fingerprint density at radius 3 is 3.00 bits per heavy atom. The van der Waals surface area contributed by atoms with Gasteiger partial charge in [-0.15, -0.1) is 0 Å². The number of ether oxygens (including phenoxy) is 1. The van der Waals surface area contributed by atoms with Gasteiger partial charge < -0.3 is 15.4 Å². The van der Waals surface area contributed by atoms with E-state index in [0.717, 1.165) is 5.56 Å². The van der Waals surface area contributed by atoms with Crippen LogP contribution in [0.25, 0.3) is 0 Å². The third kappa shape index (κ3) is 2.22. The molecule has 0 aromatic heterocycles. The Morgan fingerprint density at radius 1 is 1.53 bits per heavy atom. The maximum absolute atomic E-state index is 12.2. The first-order chi connectivity index (χ1) is 8.09. The molecule has 1 aromatic rings. The van der Waals surface area contributed by atoms with Crippen LogP contribution in [-0.4, -0.2) is 36.4 Å². The highest BCUT2D eigenvalue weighted by atomic mass is 16.5. The van der Waals surface area contributed by atoms with Gasteiger partial charge in [0.15, 0.2) is 0 Å². The first-order valence-electron chi connectivity index (χ1n) is 5.39. The summed E-state index contributed by atoms with van der Waals surface area (Å²) in [4.78, 5) is 24.5. The number of hydrogen-bond acceptors (Lipinski definition) is 3. The van der Waals surface area contributed by atoms with E-state index < -0.39 is 5.91 Å². The van der Waals surface area contributed by atoms with E-state index in [4.69, 9.17) is 10.5 Å². The zero-order chi connectivity index (χ0) is 12.4. The summed E-state index contributed by atoms with van der Waals surface area (Å²) in [6, 6.07) is 5.38. The fraction of sp³-hybridized carbons (Fsp3) is 0.333. The average molecular weight is 234 g/mol. The minimum Gasteiger partial charge on any atom is -0.491 e. The lowest BCUT2D eigenvalue weighted by Gasteiger charge is -2.17. The van der Waals surface area contributed by atoms with Crippen LogP contribution in [0.2, 0.25) is 0 Å². The molecule has 0 unspecified atom stereocenters. The number of hydrogen-bond donors (Lipinski definition) is 1. The summed E-state index contributed by atoms with van der Waals surface area (Å²) in [7, 11) is 0. The lowest BCUT2D eigenvalue weighted by molar-refractivity contribution is -0.118. The summed E-state index contributed by atoms with van der Waals surface area (Å²) in [5, 5.41) is 0. The molecule has 5 nitrogen and oxygen atoms in total. The molecule has 0 fully saturated rings. The van der Waals surface area contributed by atoms with Gasteiger partial charge >= 0.3 is 0 Å². The maximum atomic E-state index is 12.2. The largest absolute Gasteiger partial charge is 0.491 e. The lowest BCUT2D eigenvalue weighted by Crippen LogP contribution is -2.39. The number of aryl methyl sites for hydroxylation is 1. The Balaban J connectivity index is 2.36. The first-order valence-corrected chi connectivity index (χ1v) is 5.39. The second-order valence-corrected chi connectivity index (χ2v) is 3.99. The van der Waals surface area contributed by atoms with Gasteiger partial charge in [-0.25, -0.2) is 0 Å². The second kappa shape index (κ2) is 4.45. The number of para-hydroxylation sites is 1. The molecular weight excluding hydrogens is 220 g/mol. The molecule has 1 aromatic carbocycles. The SMILES string of the molecule is Cc1cccc2c1OCCN(CC(N)=O)C2=O. The monoisotopic (exact) mass is 234 g/mol. The van der Waals surface area contributed by atoms with Crippen molar-refractivity contribution in [2.75, 3.05) is 19.7 Å². The summed E-state index contributed by atoms with van der Waals surface area (Å²) in [6.45, 7) is 2.55. The van der Waals surface area contributed by atoms with E-state index in [1.54, 1.807) is 12.1 Å². The van der Waals surface area contributed by atoms with Gasteiger partial charge in [-0.2, -0.15) is 0 Å². The van der Waals surface area contributed by atoms with Gasteiger partial charge in [0, 0.05) is 0 Å². The Morgan fingerprint density at radius 2 is 2.29 bits per heavy atom. The number of fused-ring (bicyclic) bond motifs is 1. The predicted octanol–water partition coefficient (Wildman–Crippen LogP) is 0.315. The highest BCUT2D eigenvalue weighted by Crippen LogP contribution is 2.26. The molecule has 17 heavy (non-hydrogen) atoms. The molecule has 0 spiro atoms. The van der Waals surface area contributed by atoms with Crippen molar-refractivity contribution in [3.63, 3.8) is 0 Å². The summed E-state index contributed by atoms with van der Waals surface area (Å²) in [5.41, 5.74) is 6.52. The van der Waals surface area contributed by atoms with E-state index in [0.29, 0.717) is 24.5 Å². The molecule has 0 saturated carbocycles. The van der Waals surface area contributed by atoms with Crippen LogP contribution in [0, 0.1) is 6.92 Å². The molecule has 2 amide bonds. The molecule has 2 rings (SSSR count). The Hall–Kier alpha value is -2.04. The van der Waals surface area contributed by atoms with E-state index in [-0.39, 0.29) is 12.5 Å². The molecule has 0 aliphatic carbocycles. The molecule has 5 heteroatoms. The van der Waals surface area contributed by atoms with Gasteiger partial charge in [-0.3, -0.25) is 9.59 Å². The van der Waals surface area contributed by atoms with Crippen molar-refractivity contribution >= 4 is 11.8 Å². The predicted molar refractivity (Wildman–Crippen MR) is 61.8 cm³/mol. The van der Waals surface area contributed by atoms with Gasteiger partial charge in [0.05, 0.1) is 18.7 Å². The van der Waals surface area contributed by atoms with Crippen molar-refractivity contribution in [3.05, 3.63) is 29.3 Å². The Bertz CT molecular complexity index is 471. The van der Waals surface area contributed by atoms with Gasteiger partial charge in [0.2, 0.25) is 5.91 Å². The smallest absolute Gasteiger partial charge is 0.258 e. The number of rotatable bonds is 2. The van der Waals surface area contributed by atoms with Crippen LogP contribution in [0.5, 0.6) is 5.75 Å². The number of primary amides is 1. The molecule has 90 valence electrons. The van der Waals surface area contributed by atoms with E-state index in [1.165, 1.54) is 4.90 Å². The van der Waals surface area contributed by atoms with Crippen LogP contribution in [0.3, 0.4) is 0 Å². The van der Waals surface area contributed by atoms with Crippen molar-refractivity contribution in [2.24, 2.45) is 5.73 Å². The average Bonchev–Trinajstić information content (AvgIpc) is 2.41. The van der Waals surface area contributed by atoms with Crippen LogP contribution in [0.15, 0.2) is 18.2 Å². The van der Waals surface area contributed by atoms with Gasteiger partial charge in [0.25, 0.3) is 5.91 Å². The van der Waals surface area contributed by atoms with Crippen molar-refractivity contribution < 1.29 is 14.3 Å². The highest BCUT2D eigenvalue weighted by molar-refractivity contribution is 5.99. The van der Waals surface area contributed by atoms with Crippen molar-refractivity contribution in [2.45, 2.75) is 6.92 Å².